The lowest BCUT2D eigenvalue weighted by Crippen LogP contribution is -2.15. The van der Waals surface area contributed by atoms with Gasteiger partial charge in [-0.25, -0.2) is 0 Å². The fourth-order valence-electron chi connectivity index (χ4n) is 1.69. The summed E-state index contributed by atoms with van der Waals surface area (Å²) in [6.45, 7) is 4.03. The maximum atomic E-state index is 12.2. The zero-order chi connectivity index (χ0) is 15.4. The Balaban J connectivity index is 2.32. The Morgan fingerprint density at radius 2 is 2.24 bits per heavy atom. The Bertz CT molecular complexity index is 682. The van der Waals surface area contributed by atoms with Crippen LogP contribution in [-0.4, -0.2) is 27.5 Å². The summed E-state index contributed by atoms with van der Waals surface area (Å²) in [4.78, 5) is 26.3. The summed E-state index contributed by atoms with van der Waals surface area (Å²) < 4.78 is 4.79. The van der Waals surface area contributed by atoms with Gasteiger partial charge in [0.1, 0.15) is 0 Å². The molecule has 1 amide bonds. The van der Waals surface area contributed by atoms with Crippen molar-refractivity contribution in [3.63, 3.8) is 0 Å². The van der Waals surface area contributed by atoms with Crippen LogP contribution in [0, 0.1) is 17.0 Å². The van der Waals surface area contributed by atoms with Gasteiger partial charge in [0.15, 0.2) is 5.82 Å². The quantitative estimate of drug-likeness (QED) is 0.637. The van der Waals surface area contributed by atoms with Crippen LogP contribution in [0.15, 0.2) is 22.7 Å². The van der Waals surface area contributed by atoms with Crippen LogP contribution in [0.2, 0.25) is 0 Å². The van der Waals surface area contributed by atoms with E-state index < -0.39 is 10.8 Å². The Labute approximate surface area is 119 Å². The summed E-state index contributed by atoms with van der Waals surface area (Å²) in [5.41, 5.74) is 0.433. The third-order valence-corrected chi connectivity index (χ3v) is 2.57. The van der Waals surface area contributed by atoms with Crippen molar-refractivity contribution in [3.8, 4) is 0 Å². The number of hydrogen-bond acceptors (Lipinski definition) is 7. The van der Waals surface area contributed by atoms with E-state index in [4.69, 9.17) is 4.52 Å². The van der Waals surface area contributed by atoms with E-state index in [1.165, 1.54) is 18.2 Å². The molecule has 0 aliphatic carbocycles. The number of nitro groups is 1. The maximum Gasteiger partial charge on any atom is 0.328 e. The van der Waals surface area contributed by atoms with Gasteiger partial charge in [0.05, 0.1) is 10.5 Å². The second-order valence-corrected chi connectivity index (χ2v) is 4.12. The third-order valence-electron chi connectivity index (χ3n) is 2.57. The molecule has 1 aromatic carbocycles. The van der Waals surface area contributed by atoms with Gasteiger partial charge in [0.2, 0.25) is 0 Å². The Morgan fingerprint density at radius 3 is 2.81 bits per heavy atom. The number of rotatable bonds is 5. The predicted molar refractivity (Wildman–Crippen MR) is 74.2 cm³/mol. The third kappa shape index (κ3) is 3.32. The average Bonchev–Trinajstić information content (AvgIpc) is 2.84. The van der Waals surface area contributed by atoms with E-state index in [9.17, 15) is 14.9 Å². The molecule has 9 nitrogen and oxygen atoms in total. The van der Waals surface area contributed by atoms with Gasteiger partial charge in [-0.2, -0.15) is 4.98 Å². The number of anilines is 2. The fourth-order valence-corrected chi connectivity index (χ4v) is 1.69. The fraction of sp³-hybridized carbons (Fsp3) is 0.250. The molecule has 0 aliphatic heterocycles. The summed E-state index contributed by atoms with van der Waals surface area (Å²) in [6.07, 6.45) is 0. The summed E-state index contributed by atoms with van der Waals surface area (Å²) in [7, 11) is 0. The molecular formula is C12H13N5O4. The van der Waals surface area contributed by atoms with Gasteiger partial charge in [0, 0.05) is 24.4 Å². The molecule has 0 aliphatic rings. The summed E-state index contributed by atoms with van der Waals surface area (Å²) >= 11 is 0. The van der Waals surface area contributed by atoms with Crippen LogP contribution in [0.1, 0.15) is 23.1 Å². The molecule has 0 spiro atoms. The van der Waals surface area contributed by atoms with Crippen LogP contribution in [-0.2, 0) is 0 Å². The van der Waals surface area contributed by atoms with Gasteiger partial charge in [-0.3, -0.25) is 20.2 Å². The van der Waals surface area contributed by atoms with Gasteiger partial charge in [-0.15, -0.1) is 0 Å². The van der Waals surface area contributed by atoms with Crippen molar-refractivity contribution in [2.75, 3.05) is 17.2 Å². The molecule has 0 fully saturated rings. The molecule has 0 saturated carbocycles. The molecule has 9 heteroatoms. The minimum atomic E-state index is -0.571. The molecule has 110 valence electrons. The van der Waals surface area contributed by atoms with E-state index >= 15 is 0 Å². The molecule has 2 aromatic rings. The van der Waals surface area contributed by atoms with Crippen LogP contribution in [0.25, 0.3) is 0 Å². The lowest BCUT2D eigenvalue weighted by Gasteiger charge is -2.09. The van der Waals surface area contributed by atoms with Crippen LogP contribution in [0.4, 0.5) is 17.4 Å². The first-order valence-corrected chi connectivity index (χ1v) is 6.15. The highest BCUT2D eigenvalue weighted by molar-refractivity contribution is 6.07. The Morgan fingerprint density at radius 1 is 1.48 bits per heavy atom. The second kappa shape index (κ2) is 5.99. The first-order chi connectivity index (χ1) is 10.0. The van der Waals surface area contributed by atoms with Gasteiger partial charge in [-0.1, -0.05) is 5.16 Å². The number of carbonyl (C=O) groups excluding carboxylic acids is 1. The van der Waals surface area contributed by atoms with Crippen molar-refractivity contribution < 1.29 is 14.2 Å². The van der Waals surface area contributed by atoms with E-state index in [-0.39, 0.29) is 17.3 Å². The molecule has 2 rings (SSSR count). The molecule has 0 bridgehead atoms. The predicted octanol–water partition coefficient (Wildman–Crippen LogP) is 1.97. The first kappa shape index (κ1) is 14.4. The molecule has 0 atom stereocenters. The molecule has 0 radical (unpaired) electrons. The Hall–Kier alpha value is -2.97. The van der Waals surface area contributed by atoms with E-state index in [1.807, 2.05) is 6.92 Å². The number of amides is 1. The Kier molecular flexibility index (Phi) is 4.12. The number of hydrogen-bond donors (Lipinski definition) is 2. The van der Waals surface area contributed by atoms with Crippen LogP contribution in [0.3, 0.4) is 0 Å². The summed E-state index contributed by atoms with van der Waals surface area (Å²) in [5.74, 6) is -0.199. The average molecular weight is 291 g/mol. The molecular weight excluding hydrogens is 278 g/mol. The van der Waals surface area contributed by atoms with Crippen LogP contribution >= 0.6 is 0 Å². The number of aromatic nitrogens is 2. The smallest absolute Gasteiger partial charge is 0.328 e. The summed E-state index contributed by atoms with van der Waals surface area (Å²) in [6, 6.07) is 3.93. The lowest BCUT2D eigenvalue weighted by molar-refractivity contribution is -0.384. The number of non-ortho nitro benzene ring substituents is 1. The largest absolute Gasteiger partial charge is 0.385 e. The standard InChI is InChI=1S/C12H13N5O4/c1-3-13-10-5-4-8(17(19)20)6-9(10)11(18)15-12-14-7(2)16-21-12/h4-6,13H,3H2,1-2H3,(H,14,15,16,18). The van der Waals surface area contributed by atoms with Crippen molar-refractivity contribution in [1.29, 1.82) is 0 Å². The number of nitrogens with zero attached hydrogens (tertiary/aromatic N) is 3. The molecule has 0 unspecified atom stereocenters. The number of aryl methyl sites for hydroxylation is 1. The van der Waals surface area contributed by atoms with Gasteiger partial charge in [0.25, 0.3) is 11.6 Å². The maximum absolute atomic E-state index is 12.2. The van der Waals surface area contributed by atoms with E-state index in [1.54, 1.807) is 6.92 Å². The minimum absolute atomic E-state index is 0.0635. The summed E-state index contributed by atoms with van der Waals surface area (Å²) in [5, 5.41) is 19.7. The highest BCUT2D eigenvalue weighted by atomic mass is 16.6. The van der Waals surface area contributed by atoms with Crippen molar-refractivity contribution in [2.24, 2.45) is 0 Å². The minimum Gasteiger partial charge on any atom is -0.385 e. The number of nitrogens with one attached hydrogen (secondary N) is 2. The second-order valence-electron chi connectivity index (χ2n) is 4.12. The van der Waals surface area contributed by atoms with Gasteiger partial charge < -0.3 is 9.84 Å². The number of carbonyl (C=O) groups is 1. The van der Waals surface area contributed by atoms with Crippen molar-refractivity contribution >= 4 is 23.3 Å². The normalized spacial score (nSPS) is 10.2. The lowest BCUT2D eigenvalue weighted by atomic mass is 10.1. The molecule has 21 heavy (non-hydrogen) atoms. The zero-order valence-electron chi connectivity index (χ0n) is 11.4. The van der Waals surface area contributed by atoms with E-state index in [2.05, 4.69) is 20.8 Å². The van der Waals surface area contributed by atoms with E-state index in [0.29, 0.717) is 18.1 Å². The van der Waals surface area contributed by atoms with Crippen LogP contribution < -0.4 is 10.6 Å². The van der Waals surface area contributed by atoms with Gasteiger partial charge in [-0.05, 0) is 19.9 Å². The zero-order valence-corrected chi connectivity index (χ0v) is 11.4. The highest BCUT2D eigenvalue weighted by Gasteiger charge is 2.18. The topological polar surface area (TPSA) is 123 Å². The molecule has 1 heterocycles. The first-order valence-electron chi connectivity index (χ1n) is 6.15. The van der Waals surface area contributed by atoms with Gasteiger partial charge >= 0.3 is 6.01 Å². The monoisotopic (exact) mass is 291 g/mol. The molecule has 0 saturated heterocycles. The van der Waals surface area contributed by atoms with E-state index in [0.717, 1.165) is 0 Å². The van der Waals surface area contributed by atoms with Crippen molar-refractivity contribution in [2.45, 2.75) is 13.8 Å². The highest BCUT2D eigenvalue weighted by Crippen LogP contribution is 2.23. The SMILES string of the molecule is CCNc1ccc([N+](=O)[O-])cc1C(=O)Nc1nc(C)no1. The molecule has 1 aromatic heterocycles. The van der Waals surface area contributed by atoms with Crippen LogP contribution in [0.5, 0.6) is 0 Å². The molecule has 2 N–H and O–H groups in total. The van der Waals surface area contributed by atoms with Crippen molar-refractivity contribution in [3.05, 3.63) is 39.7 Å². The van der Waals surface area contributed by atoms with Crippen molar-refractivity contribution in [1.82, 2.24) is 10.1 Å². The number of nitro benzene ring substituents is 1. The number of benzene rings is 1.